The monoisotopic (exact) mass is 294 g/mol. The van der Waals surface area contributed by atoms with E-state index in [4.69, 9.17) is 17.3 Å². The van der Waals surface area contributed by atoms with Crippen LogP contribution in [0.2, 0.25) is 5.02 Å². The number of carbonyl (C=O) groups excluding carboxylic acids is 1. The first-order valence-corrected chi connectivity index (χ1v) is 5.85. The van der Waals surface area contributed by atoms with Crippen molar-refractivity contribution in [2.75, 3.05) is 0 Å². The highest BCUT2D eigenvalue weighted by Gasteiger charge is 2.54. The van der Waals surface area contributed by atoms with E-state index in [9.17, 15) is 18.0 Å². The van der Waals surface area contributed by atoms with Crippen LogP contribution in [0.3, 0.4) is 0 Å². The van der Waals surface area contributed by atoms with E-state index in [1.807, 2.05) is 0 Å². The molecule has 1 rings (SSSR count). The number of hydrogen-bond donors (Lipinski definition) is 2. The molecular formula is C12H14ClF3N2O. The van der Waals surface area contributed by atoms with E-state index < -0.39 is 23.7 Å². The third-order valence-corrected chi connectivity index (χ3v) is 2.99. The Hall–Kier alpha value is -1.27. The molecule has 3 N–H and O–H groups in total. The van der Waals surface area contributed by atoms with Crippen LogP contribution in [0.5, 0.6) is 0 Å². The molecule has 3 nitrogen and oxygen atoms in total. The number of nitrogens with one attached hydrogen (secondary N) is 1. The standard InChI is InChI=1S/C12H14ClF3N2O/c1-7(8-4-3-5-9(13)6-8)18-10(19)11(2,17)12(14,15)16/h3-7H,17H2,1-2H3,(H,18,19). The quantitative estimate of drug-likeness (QED) is 0.900. The number of rotatable bonds is 3. The van der Waals surface area contributed by atoms with E-state index in [2.05, 4.69) is 5.32 Å². The molecule has 0 saturated carbocycles. The van der Waals surface area contributed by atoms with Gasteiger partial charge in [-0.15, -0.1) is 0 Å². The normalized spacial score (nSPS) is 16.6. The maximum Gasteiger partial charge on any atom is 0.415 e. The van der Waals surface area contributed by atoms with E-state index in [-0.39, 0.29) is 0 Å². The van der Waals surface area contributed by atoms with Gasteiger partial charge in [-0.25, -0.2) is 0 Å². The number of hydrogen-bond acceptors (Lipinski definition) is 2. The van der Waals surface area contributed by atoms with Crippen molar-refractivity contribution in [1.29, 1.82) is 0 Å². The maximum absolute atomic E-state index is 12.6. The summed E-state index contributed by atoms with van der Waals surface area (Å²) in [6.07, 6.45) is -4.81. The van der Waals surface area contributed by atoms with Crippen molar-refractivity contribution >= 4 is 17.5 Å². The Morgan fingerprint density at radius 3 is 2.47 bits per heavy atom. The van der Waals surface area contributed by atoms with E-state index in [1.54, 1.807) is 31.2 Å². The van der Waals surface area contributed by atoms with Crippen molar-refractivity contribution in [3.63, 3.8) is 0 Å². The highest BCUT2D eigenvalue weighted by atomic mass is 35.5. The van der Waals surface area contributed by atoms with Gasteiger partial charge in [0.05, 0.1) is 6.04 Å². The van der Waals surface area contributed by atoms with Crippen LogP contribution >= 0.6 is 11.6 Å². The summed E-state index contributed by atoms with van der Waals surface area (Å²) in [5.41, 5.74) is 2.70. The highest BCUT2D eigenvalue weighted by Crippen LogP contribution is 2.29. The number of halogens is 4. The van der Waals surface area contributed by atoms with Crippen molar-refractivity contribution in [2.45, 2.75) is 31.6 Å². The molecule has 0 radical (unpaired) electrons. The van der Waals surface area contributed by atoms with Crippen LogP contribution in [0.4, 0.5) is 13.2 Å². The summed E-state index contributed by atoms with van der Waals surface area (Å²) < 4.78 is 37.8. The van der Waals surface area contributed by atoms with Crippen LogP contribution in [0.1, 0.15) is 25.5 Å². The molecule has 0 aliphatic carbocycles. The van der Waals surface area contributed by atoms with E-state index in [1.165, 1.54) is 0 Å². The minimum atomic E-state index is -4.81. The Kier molecular flexibility index (Phi) is 4.47. The third kappa shape index (κ3) is 3.61. The average molecular weight is 295 g/mol. The van der Waals surface area contributed by atoms with Gasteiger partial charge in [-0.1, -0.05) is 23.7 Å². The average Bonchev–Trinajstić information content (AvgIpc) is 2.27. The number of nitrogens with two attached hydrogens (primary N) is 1. The first-order valence-electron chi connectivity index (χ1n) is 5.47. The maximum atomic E-state index is 12.6. The molecule has 0 spiro atoms. The second-order valence-corrected chi connectivity index (χ2v) is 4.89. The molecule has 19 heavy (non-hydrogen) atoms. The van der Waals surface area contributed by atoms with Crippen LogP contribution in [-0.4, -0.2) is 17.6 Å². The summed E-state index contributed by atoms with van der Waals surface area (Å²) in [4.78, 5) is 11.6. The van der Waals surface area contributed by atoms with Crippen LogP contribution in [0, 0.1) is 0 Å². The van der Waals surface area contributed by atoms with E-state index in [0.29, 0.717) is 17.5 Å². The fourth-order valence-corrected chi connectivity index (χ4v) is 1.53. The summed E-state index contributed by atoms with van der Waals surface area (Å²) in [6.45, 7) is 2.18. The smallest absolute Gasteiger partial charge is 0.348 e. The molecular weight excluding hydrogens is 281 g/mol. The Balaban J connectivity index is 2.83. The zero-order chi connectivity index (χ0) is 14.8. The molecule has 0 aliphatic rings. The molecule has 2 atom stereocenters. The summed E-state index contributed by atoms with van der Waals surface area (Å²) in [7, 11) is 0. The van der Waals surface area contributed by atoms with Crippen molar-refractivity contribution in [3.8, 4) is 0 Å². The molecule has 1 amide bonds. The Morgan fingerprint density at radius 2 is 2.00 bits per heavy atom. The summed E-state index contributed by atoms with van der Waals surface area (Å²) >= 11 is 5.77. The van der Waals surface area contributed by atoms with Gasteiger partial charge in [-0.2, -0.15) is 13.2 Å². The van der Waals surface area contributed by atoms with Crippen LogP contribution < -0.4 is 11.1 Å². The molecule has 1 aromatic rings. The predicted octanol–water partition coefficient (Wildman–Crippen LogP) is 2.80. The zero-order valence-corrected chi connectivity index (χ0v) is 11.1. The van der Waals surface area contributed by atoms with Gasteiger partial charge in [-0.3, -0.25) is 4.79 Å². The Labute approximate surface area is 113 Å². The summed E-state index contributed by atoms with van der Waals surface area (Å²) in [6, 6.07) is 5.86. The molecule has 2 unspecified atom stereocenters. The fourth-order valence-electron chi connectivity index (χ4n) is 1.33. The first-order chi connectivity index (χ1) is 8.55. The van der Waals surface area contributed by atoms with Crippen molar-refractivity contribution in [2.24, 2.45) is 5.73 Å². The molecule has 0 heterocycles. The molecule has 0 bridgehead atoms. The number of carbonyl (C=O) groups is 1. The fraction of sp³-hybridized carbons (Fsp3) is 0.417. The molecule has 0 fully saturated rings. The minimum absolute atomic E-state index is 0.435. The SMILES string of the molecule is CC(NC(=O)C(C)(N)C(F)(F)F)c1cccc(Cl)c1. The molecule has 7 heteroatoms. The summed E-state index contributed by atoms with van der Waals surface area (Å²) in [5, 5.41) is 2.66. The molecule has 0 aromatic heterocycles. The van der Waals surface area contributed by atoms with Crippen LogP contribution in [0.25, 0.3) is 0 Å². The lowest BCUT2D eigenvalue weighted by Crippen LogP contribution is -2.61. The largest absolute Gasteiger partial charge is 0.415 e. The summed E-state index contributed by atoms with van der Waals surface area (Å²) in [5.74, 6) is -1.28. The lowest BCUT2D eigenvalue weighted by molar-refractivity contribution is -0.187. The zero-order valence-electron chi connectivity index (χ0n) is 10.4. The van der Waals surface area contributed by atoms with Gasteiger partial charge in [0.15, 0.2) is 5.54 Å². The molecule has 106 valence electrons. The van der Waals surface area contributed by atoms with Crippen LogP contribution in [0.15, 0.2) is 24.3 Å². The molecule has 0 saturated heterocycles. The lowest BCUT2D eigenvalue weighted by atomic mass is 10.0. The second-order valence-electron chi connectivity index (χ2n) is 4.45. The highest BCUT2D eigenvalue weighted by molar-refractivity contribution is 6.30. The van der Waals surface area contributed by atoms with Gasteiger partial charge in [0.25, 0.3) is 0 Å². The van der Waals surface area contributed by atoms with E-state index >= 15 is 0 Å². The van der Waals surface area contributed by atoms with Crippen molar-refractivity contribution in [3.05, 3.63) is 34.9 Å². The number of alkyl halides is 3. The Morgan fingerprint density at radius 1 is 1.42 bits per heavy atom. The predicted molar refractivity (Wildman–Crippen MR) is 66.7 cm³/mol. The van der Waals surface area contributed by atoms with Gasteiger partial charge >= 0.3 is 6.18 Å². The second kappa shape index (κ2) is 5.38. The third-order valence-electron chi connectivity index (χ3n) is 2.76. The van der Waals surface area contributed by atoms with E-state index in [0.717, 1.165) is 0 Å². The Bertz CT molecular complexity index is 474. The van der Waals surface area contributed by atoms with Crippen LogP contribution in [-0.2, 0) is 4.79 Å². The van der Waals surface area contributed by atoms with Gasteiger partial charge in [0.2, 0.25) is 5.91 Å². The van der Waals surface area contributed by atoms with Crippen molar-refractivity contribution < 1.29 is 18.0 Å². The minimum Gasteiger partial charge on any atom is -0.348 e. The van der Waals surface area contributed by atoms with Gasteiger partial charge in [-0.05, 0) is 31.5 Å². The van der Waals surface area contributed by atoms with Gasteiger partial charge in [0, 0.05) is 5.02 Å². The van der Waals surface area contributed by atoms with Gasteiger partial charge in [0.1, 0.15) is 0 Å². The molecule has 0 aliphatic heterocycles. The lowest BCUT2D eigenvalue weighted by Gasteiger charge is -2.28. The van der Waals surface area contributed by atoms with Crippen molar-refractivity contribution in [1.82, 2.24) is 5.32 Å². The molecule has 1 aromatic carbocycles. The topological polar surface area (TPSA) is 55.1 Å². The number of amides is 1. The number of benzene rings is 1. The first kappa shape index (κ1) is 15.8. The van der Waals surface area contributed by atoms with Gasteiger partial charge < -0.3 is 11.1 Å².